The predicted octanol–water partition coefficient (Wildman–Crippen LogP) is 1.12. The van der Waals surface area contributed by atoms with Gasteiger partial charge in [-0.05, 0) is 42.4 Å². The molecule has 1 aliphatic carbocycles. The number of aliphatic hydroxyl groups excluding tert-OH is 1. The summed E-state index contributed by atoms with van der Waals surface area (Å²) in [6, 6.07) is 3.61. The van der Waals surface area contributed by atoms with Gasteiger partial charge in [-0.15, -0.1) is 0 Å². The Morgan fingerprint density at radius 2 is 2.21 bits per heavy atom. The molecule has 0 aromatic carbocycles. The average molecular weight is 262 g/mol. The Morgan fingerprint density at radius 1 is 1.42 bits per heavy atom. The minimum atomic E-state index is -0.697. The van der Waals surface area contributed by atoms with Crippen LogP contribution in [0.3, 0.4) is 0 Å². The Hall–Kier alpha value is -1.62. The zero-order chi connectivity index (χ0) is 13.4. The van der Waals surface area contributed by atoms with Crippen LogP contribution < -0.4 is 4.90 Å². The smallest absolute Gasteiger partial charge is 0.308 e. The van der Waals surface area contributed by atoms with Gasteiger partial charge in [-0.3, -0.25) is 4.79 Å². The molecule has 0 amide bonds. The largest absolute Gasteiger partial charge is 0.481 e. The molecule has 3 rings (SSSR count). The van der Waals surface area contributed by atoms with Gasteiger partial charge in [0, 0.05) is 19.3 Å². The van der Waals surface area contributed by atoms with Gasteiger partial charge in [0.05, 0.1) is 12.5 Å². The number of rotatable bonds is 4. The number of nitrogens with zero attached hydrogens (tertiary/aromatic N) is 2. The molecular weight excluding hydrogens is 244 g/mol. The number of anilines is 1. The van der Waals surface area contributed by atoms with Crippen molar-refractivity contribution in [1.82, 2.24) is 4.98 Å². The maximum Gasteiger partial charge on any atom is 0.308 e. The fourth-order valence-corrected chi connectivity index (χ4v) is 3.01. The van der Waals surface area contributed by atoms with E-state index >= 15 is 0 Å². The van der Waals surface area contributed by atoms with Crippen LogP contribution in [0.2, 0.25) is 0 Å². The number of aliphatic hydroxyl groups is 1. The van der Waals surface area contributed by atoms with Crippen molar-refractivity contribution >= 4 is 11.8 Å². The standard InChI is InChI=1S/C14H18N2O3/c17-8-9-3-4-15-13(5-9)16-6-11(10-1-2-10)12(7-16)14(18)19/h3-5,10-12,17H,1-2,6-8H2,(H,18,19)/t11-,12+/m0/s1. The third-order valence-corrected chi connectivity index (χ3v) is 4.23. The lowest BCUT2D eigenvalue weighted by atomic mass is 9.92. The maximum atomic E-state index is 11.4. The number of hydrogen-bond donors (Lipinski definition) is 2. The molecule has 1 saturated heterocycles. The van der Waals surface area contributed by atoms with E-state index in [9.17, 15) is 9.90 Å². The highest BCUT2D eigenvalue weighted by Gasteiger charge is 2.45. The zero-order valence-corrected chi connectivity index (χ0v) is 10.7. The molecule has 0 spiro atoms. The summed E-state index contributed by atoms with van der Waals surface area (Å²) in [7, 11) is 0. The van der Waals surface area contributed by atoms with Crippen LogP contribution in [0.4, 0.5) is 5.82 Å². The molecule has 2 atom stereocenters. The van der Waals surface area contributed by atoms with E-state index in [-0.39, 0.29) is 18.4 Å². The van der Waals surface area contributed by atoms with E-state index in [2.05, 4.69) is 4.98 Å². The molecule has 0 radical (unpaired) electrons. The summed E-state index contributed by atoms with van der Waals surface area (Å²) in [6.45, 7) is 1.28. The summed E-state index contributed by atoms with van der Waals surface area (Å²) in [5, 5.41) is 18.5. The highest BCUT2D eigenvalue weighted by molar-refractivity contribution is 5.72. The van der Waals surface area contributed by atoms with Crippen molar-refractivity contribution in [2.75, 3.05) is 18.0 Å². The van der Waals surface area contributed by atoms with E-state index in [4.69, 9.17) is 5.11 Å². The lowest BCUT2D eigenvalue weighted by Crippen LogP contribution is -2.24. The first-order valence-electron chi connectivity index (χ1n) is 6.72. The molecule has 1 aromatic rings. The highest BCUT2D eigenvalue weighted by Crippen LogP contribution is 2.44. The first-order chi connectivity index (χ1) is 9.19. The van der Waals surface area contributed by atoms with E-state index in [1.54, 1.807) is 12.3 Å². The predicted molar refractivity (Wildman–Crippen MR) is 69.7 cm³/mol. The third kappa shape index (κ3) is 2.42. The molecule has 0 bridgehead atoms. The maximum absolute atomic E-state index is 11.4. The van der Waals surface area contributed by atoms with Crippen LogP contribution in [0.1, 0.15) is 18.4 Å². The van der Waals surface area contributed by atoms with Gasteiger partial charge < -0.3 is 15.1 Å². The van der Waals surface area contributed by atoms with Gasteiger partial charge in [-0.1, -0.05) is 0 Å². The lowest BCUT2D eigenvalue weighted by Gasteiger charge is -2.17. The summed E-state index contributed by atoms with van der Waals surface area (Å²) in [6.07, 6.45) is 3.99. The first kappa shape index (κ1) is 12.4. The number of aromatic nitrogens is 1. The minimum Gasteiger partial charge on any atom is -0.481 e. The molecule has 2 fully saturated rings. The summed E-state index contributed by atoms with van der Waals surface area (Å²) < 4.78 is 0. The van der Waals surface area contributed by atoms with Crippen molar-refractivity contribution in [3.63, 3.8) is 0 Å². The second kappa shape index (κ2) is 4.81. The van der Waals surface area contributed by atoms with Crippen LogP contribution in [0.25, 0.3) is 0 Å². The van der Waals surface area contributed by atoms with Crippen LogP contribution in [-0.4, -0.2) is 34.3 Å². The van der Waals surface area contributed by atoms with Crippen molar-refractivity contribution < 1.29 is 15.0 Å². The molecule has 0 unspecified atom stereocenters. The molecular formula is C14H18N2O3. The van der Waals surface area contributed by atoms with Crippen LogP contribution in [0.15, 0.2) is 18.3 Å². The third-order valence-electron chi connectivity index (χ3n) is 4.23. The number of pyridine rings is 1. The minimum absolute atomic E-state index is 0.0161. The van der Waals surface area contributed by atoms with Gasteiger partial charge in [0.2, 0.25) is 0 Å². The monoisotopic (exact) mass is 262 g/mol. The number of carboxylic acids is 1. The Balaban J connectivity index is 1.80. The summed E-state index contributed by atoms with van der Waals surface area (Å²) in [5.41, 5.74) is 0.812. The van der Waals surface area contributed by atoms with E-state index in [0.717, 1.165) is 30.8 Å². The van der Waals surface area contributed by atoms with Gasteiger partial charge in [-0.2, -0.15) is 0 Å². The number of carboxylic acid groups (broad SMARTS) is 1. The van der Waals surface area contributed by atoms with Gasteiger partial charge in [0.15, 0.2) is 0 Å². The van der Waals surface area contributed by atoms with E-state index in [1.165, 1.54) is 0 Å². The van der Waals surface area contributed by atoms with Crippen LogP contribution in [-0.2, 0) is 11.4 Å². The van der Waals surface area contributed by atoms with E-state index in [1.807, 2.05) is 11.0 Å². The molecule has 5 heteroatoms. The lowest BCUT2D eigenvalue weighted by molar-refractivity contribution is -0.142. The van der Waals surface area contributed by atoms with E-state index < -0.39 is 5.97 Å². The van der Waals surface area contributed by atoms with Gasteiger partial charge >= 0.3 is 5.97 Å². The van der Waals surface area contributed by atoms with Crippen LogP contribution in [0, 0.1) is 17.8 Å². The number of carbonyl (C=O) groups is 1. The summed E-state index contributed by atoms with van der Waals surface area (Å²) in [5.74, 6) is 0.620. The zero-order valence-electron chi connectivity index (χ0n) is 10.7. The van der Waals surface area contributed by atoms with Crippen molar-refractivity contribution in [2.24, 2.45) is 17.8 Å². The molecule has 5 nitrogen and oxygen atoms in total. The van der Waals surface area contributed by atoms with Crippen molar-refractivity contribution in [3.8, 4) is 0 Å². The number of aliphatic carboxylic acids is 1. The topological polar surface area (TPSA) is 73.7 Å². The Labute approximate surface area is 111 Å². The Kier molecular flexibility index (Phi) is 3.14. The van der Waals surface area contributed by atoms with Gasteiger partial charge in [-0.25, -0.2) is 4.98 Å². The summed E-state index contributed by atoms with van der Waals surface area (Å²) in [4.78, 5) is 17.7. The van der Waals surface area contributed by atoms with Gasteiger partial charge in [0.25, 0.3) is 0 Å². The molecule has 1 aliphatic heterocycles. The van der Waals surface area contributed by atoms with E-state index in [0.29, 0.717) is 12.5 Å². The second-order valence-electron chi connectivity index (χ2n) is 5.53. The fourth-order valence-electron chi connectivity index (χ4n) is 3.01. The molecule has 1 aromatic heterocycles. The normalized spacial score (nSPS) is 26.7. The molecule has 2 N–H and O–H groups in total. The Morgan fingerprint density at radius 3 is 2.84 bits per heavy atom. The summed E-state index contributed by atoms with van der Waals surface area (Å²) >= 11 is 0. The second-order valence-corrected chi connectivity index (χ2v) is 5.53. The van der Waals surface area contributed by atoms with Crippen molar-refractivity contribution in [2.45, 2.75) is 19.4 Å². The van der Waals surface area contributed by atoms with Crippen LogP contribution >= 0.6 is 0 Å². The van der Waals surface area contributed by atoms with Crippen molar-refractivity contribution in [3.05, 3.63) is 23.9 Å². The molecule has 19 heavy (non-hydrogen) atoms. The van der Waals surface area contributed by atoms with Crippen LogP contribution in [0.5, 0.6) is 0 Å². The SMILES string of the molecule is O=C(O)[C@@H]1CN(c2cc(CO)ccn2)C[C@H]1C1CC1. The first-order valence-corrected chi connectivity index (χ1v) is 6.72. The molecule has 102 valence electrons. The van der Waals surface area contributed by atoms with Crippen molar-refractivity contribution in [1.29, 1.82) is 0 Å². The fraction of sp³-hybridized carbons (Fsp3) is 0.571. The molecule has 1 saturated carbocycles. The highest BCUT2D eigenvalue weighted by atomic mass is 16.4. The average Bonchev–Trinajstić information content (AvgIpc) is 3.17. The number of hydrogen-bond acceptors (Lipinski definition) is 4. The Bertz CT molecular complexity index is 487. The molecule has 2 heterocycles. The molecule has 2 aliphatic rings. The van der Waals surface area contributed by atoms with Gasteiger partial charge in [0.1, 0.15) is 5.82 Å². The quantitative estimate of drug-likeness (QED) is 0.850.